The minimum atomic E-state index is -1.33. The number of hydrogen-bond acceptors (Lipinski definition) is 7. The molecule has 0 amide bonds. The van der Waals surface area contributed by atoms with Crippen LogP contribution in [0.4, 0.5) is 5.69 Å². The Morgan fingerprint density at radius 3 is 2.44 bits per heavy atom. The summed E-state index contributed by atoms with van der Waals surface area (Å²) in [6.45, 7) is -0.0384. The van der Waals surface area contributed by atoms with Gasteiger partial charge in [0.15, 0.2) is 0 Å². The van der Waals surface area contributed by atoms with Gasteiger partial charge in [0, 0.05) is 28.6 Å². The summed E-state index contributed by atoms with van der Waals surface area (Å²) in [5, 5.41) is 46.2. The number of rotatable bonds is 6. The molecule has 1 aliphatic heterocycles. The number of azide groups is 2. The van der Waals surface area contributed by atoms with Crippen molar-refractivity contribution in [3.8, 4) is 0 Å². The maximum Gasteiger partial charge on any atom is 0.109 e. The van der Waals surface area contributed by atoms with Crippen LogP contribution in [-0.2, 0) is 13.1 Å². The Kier molecular flexibility index (Phi) is 6.57. The van der Waals surface area contributed by atoms with Crippen LogP contribution >= 0.6 is 0 Å². The molecule has 4 atom stereocenters. The van der Waals surface area contributed by atoms with Crippen LogP contribution in [0.15, 0.2) is 28.4 Å². The van der Waals surface area contributed by atoms with Crippen molar-refractivity contribution in [1.29, 1.82) is 0 Å². The van der Waals surface area contributed by atoms with Crippen LogP contribution in [0, 0.1) is 0 Å². The van der Waals surface area contributed by atoms with Gasteiger partial charge in [-0.2, -0.15) is 0 Å². The zero-order chi connectivity index (χ0) is 18.4. The lowest BCUT2D eigenvalue weighted by Crippen LogP contribution is -2.62. The summed E-state index contributed by atoms with van der Waals surface area (Å²) in [6, 6.07) is 4.20. The molecule has 0 aliphatic carbocycles. The lowest BCUT2D eigenvalue weighted by molar-refractivity contribution is -0.147. The fraction of sp³-hybridized carbons (Fsp3) is 0.571. The van der Waals surface area contributed by atoms with Gasteiger partial charge in [0.05, 0.1) is 25.3 Å². The summed E-state index contributed by atoms with van der Waals surface area (Å²) in [4.78, 5) is 7.06. The first kappa shape index (κ1) is 19.0. The summed E-state index contributed by atoms with van der Waals surface area (Å²) < 4.78 is 0. The topological polar surface area (TPSA) is 182 Å². The highest BCUT2D eigenvalue weighted by molar-refractivity contribution is 5.44. The lowest BCUT2D eigenvalue weighted by atomic mass is 9.93. The van der Waals surface area contributed by atoms with Crippen LogP contribution in [0.3, 0.4) is 0 Å². The highest BCUT2D eigenvalue weighted by Crippen LogP contribution is 2.24. The molecule has 134 valence electrons. The normalized spacial score (nSPS) is 26.6. The predicted octanol–water partition coefficient (Wildman–Crippen LogP) is 0.698. The SMILES string of the molecule is [N-]=[N+]=NCc1cc(CN2C[C@@H](O)[C@@H](O)[C@H](O)[C@H]2CO)cc(N=[N+]=[N-])c1. The number of piperidine rings is 1. The van der Waals surface area contributed by atoms with E-state index >= 15 is 0 Å². The average Bonchev–Trinajstić information content (AvgIpc) is 2.58. The number of likely N-dealkylation sites (tertiary alicyclic amines) is 1. The zero-order valence-corrected chi connectivity index (χ0v) is 13.3. The van der Waals surface area contributed by atoms with E-state index in [2.05, 4.69) is 20.1 Å². The molecular formula is C14H19N7O4. The van der Waals surface area contributed by atoms with Gasteiger partial charge in [0.2, 0.25) is 0 Å². The molecule has 4 N–H and O–H groups in total. The Labute approximate surface area is 143 Å². The van der Waals surface area contributed by atoms with Crippen molar-refractivity contribution in [1.82, 2.24) is 4.90 Å². The zero-order valence-electron chi connectivity index (χ0n) is 13.3. The molecule has 11 heteroatoms. The van der Waals surface area contributed by atoms with E-state index in [1.165, 1.54) is 0 Å². The molecule has 1 aliphatic rings. The van der Waals surface area contributed by atoms with Crippen LogP contribution in [0.1, 0.15) is 11.1 Å². The predicted molar refractivity (Wildman–Crippen MR) is 87.4 cm³/mol. The van der Waals surface area contributed by atoms with Crippen molar-refractivity contribution in [2.45, 2.75) is 37.4 Å². The van der Waals surface area contributed by atoms with E-state index in [0.29, 0.717) is 16.8 Å². The quantitative estimate of drug-likeness (QED) is 0.334. The van der Waals surface area contributed by atoms with Crippen molar-refractivity contribution >= 4 is 5.69 Å². The van der Waals surface area contributed by atoms with Gasteiger partial charge in [0.1, 0.15) is 12.2 Å². The summed E-state index contributed by atoms with van der Waals surface area (Å²) in [5.74, 6) is 0. The van der Waals surface area contributed by atoms with E-state index in [4.69, 9.17) is 11.1 Å². The molecule has 0 spiro atoms. The van der Waals surface area contributed by atoms with E-state index in [1.807, 2.05) is 0 Å². The number of aliphatic hydroxyl groups excluding tert-OH is 4. The Hall–Kier alpha value is -2.36. The molecule has 1 heterocycles. The molecule has 0 aromatic heterocycles. The molecule has 25 heavy (non-hydrogen) atoms. The first-order valence-corrected chi connectivity index (χ1v) is 7.58. The maximum absolute atomic E-state index is 10.0. The second kappa shape index (κ2) is 8.65. The maximum atomic E-state index is 10.0. The lowest BCUT2D eigenvalue weighted by Gasteiger charge is -2.43. The fourth-order valence-electron chi connectivity index (χ4n) is 2.94. The molecule has 0 bridgehead atoms. The fourth-order valence-corrected chi connectivity index (χ4v) is 2.94. The van der Waals surface area contributed by atoms with Crippen LogP contribution < -0.4 is 0 Å². The van der Waals surface area contributed by atoms with Gasteiger partial charge in [0.25, 0.3) is 0 Å². The smallest absolute Gasteiger partial charge is 0.109 e. The highest BCUT2D eigenvalue weighted by Gasteiger charge is 2.40. The standard InChI is InChI=1S/C14H19N7O4/c15-19-17-4-8-1-9(3-10(2-8)18-20-16)5-21-6-12(23)14(25)13(24)11(21)7-22/h1-3,11-14,22-25H,4-7H2/t11-,12-,13-,14-/m1/s1. The van der Waals surface area contributed by atoms with Crippen LogP contribution in [0.2, 0.25) is 0 Å². The molecule has 1 fully saturated rings. The number of β-amino-alcohol motifs (C(OH)–C–C–N with tert-alkyl or cyclic N) is 1. The largest absolute Gasteiger partial charge is 0.395 e. The molecule has 2 rings (SSSR count). The number of aliphatic hydroxyl groups is 4. The van der Waals surface area contributed by atoms with Gasteiger partial charge in [-0.1, -0.05) is 16.3 Å². The number of benzene rings is 1. The minimum Gasteiger partial charge on any atom is -0.395 e. The van der Waals surface area contributed by atoms with Crippen LogP contribution in [0.5, 0.6) is 0 Å². The van der Waals surface area contributed by atoms with E-state index in [9.17, 15) is 20.4 Å². The first-order valence-electron chi connectivity index (χ1n) is 7.58. The molecule has 0 radical (unpaired) electrons. The molecule has 1 saturated heterocycles. The molecule has 1 aromatic carbocycles. The van der Waals surface area contributed by atoms with Gasteiger partial charge in [-0.3, -0.25) is 4.90 Å². The molecule has 1 aromatic rings. The third-order valence-electron chi connectivity index (χ3n) is 4.12. The first-order chi connectivity index (χ1) is 12.0. The van der Waals surface area contributed by atoms with Gasteiger partial charge >= 0.3 is 0 Å². The van der Waals surface area contributed by atoms with Crippen molar-refractivity contribution in [2.75, 3.05) is 13.2 Å². The van der Waals surface area contributed by atoms with Crippen molar-refractivity contribution in [2.24, 2.45) is 10.2 Å². The molecule has 11 nitrogen and oxygen atoms in total. The Morgan fingerprint density at radius 1 is 1.08 bits per heavy atom. The van der Waals surface area contributed by atoms with Gasteiger partial charge < -0.3 is 20.4 Å². The van der Waals surface area contributed by atoms with E-state index in [1.54, 1.807) is 23.1 Å². The Morgan fingerprint density at radius 2 is 1.80 bits per heavy atom. The van der Waals surface area contributed by atoms with Crippen molar-refractivity contribution in [3.63, 3.8) is 0 Å². The van der Waals surface area contributed by atoms with E-state index in [0.717, 1.165) is 0 Å². The molecule has 0 saturated carbocycles. The van der Waals surface area contributed by atoms with Gasteiger partial charge in [-0.05, 0) is 34.3 Å². The van der Waals surface area contributed by atoms with Gasteiger partial charge in [-0.25, -0.2) is 0 Å². The van der Waals surface area contributed by atoms with Crippen LogP contribution in [-0.4, -0.2) is 62.8 Å². The van der Waals surface area contributed by atoms with E-state index < -0.39 is 31.0 Å². The average molecular weight is 349 g/mol. The van der Waals surface area contributed by atoms with Crippen molar-refractivity contribution < 1.29 is 20.4 Å². The van der Waals surface area contributed by atoms with Crippen molar-refractivity contribution in [3.05, 3.63) is 50.2 Å². The molecule has 0 unspecified atom stereocenters. The Bertz CT molecular complexity index is 702. The summed E-state index contributed by atoms with van der Waals surface area (Å²) in [6.07, 6.45) is -3.78. The number of hydrogen-bond donors (Lipinski definition) is 4. The third kappa shape index (κ3) is 4.59. The minimum absolute atomic E-state index is 0.0564. The second-order valence-electron chi connectivity index (χ2n) is 5.81. The molecular weight excluding hydrogens is 330 g/mol. The van der Waals surface area contributed by atoms with E-state index in [-0.39, 0.29) is 19.6 Å². The van der Waals surface area contributed by atoms with Crippen LogP contribution in [0.25, 0.3) is 20.9 Å². The monoisotopic (exact) mass is 349 g/mol. The third-order valence-corrected chi connectivity index (χ3v) is 4.12. The van der Waals surface area contributed by atoms with Gasteiger partial charge in [-0.15, -0.1) is 0 Å². The summed E-state index contributed by atoms with van der Waals surface area (Å²) >= 11 is 0. The number of nitrogens with zero attached hydrogens (tertiary/aromatic N) is 7. The highest BCUT2D eigenvalue weighted by atomic mass is 16.4. The summed E-state index contributed by atoms with van der Waals surface area (Å²) in [5.41, 5.74) is 18.7. The second-order valence-corrected chi connectivity index (χ2v) is 5.81. The summed E-state index contributed by atoms with van der Waals surface area (Å²) in [7, 11) is 0. The Balaban J connectivity index is 2.29.